The average Bonchev–Trinajstić information content (AvgIpc) is 3.08. The summed E-state index contributed by atoms with van der Waals surface area (Å²) >= 11 is 6.28. The first kappa shape index (κ1) is 18.5. The predicted octanol–water partition coefficient (Wildman–Crippen LogP) is 4.96. The van der Waals surface area contributed by atoms with Crippen LogP contribution in [0.1, 0.15) is 30.5 Å². The molecule has 0 N–H and O–H groups in total. The first-order chi connectivity index (χ1) is 13.0. The van der Waals surface area contributed by atoms with Crippen molar-refractivity contribution in [3.05, 3.63) is 64.3 Å². The molecule has 0 saturated heterocycles. The zero-order valence-electron chi connectivity index (χ0n) is 14.4. The van der Waals surface area contributed by atoms with Crippen LogP contribution in [0.25, 0.3) is 10.9 Å². The Morgan fingerprint density at radius 1 is 1.22 bits per heavy atom. The minimum absolute atomic E-state index is 0.148. The Morgan fingerprint density at radius 2 is 2.04 bits per heavy atom. The Labute approximate surface area is 161 Å². The summed E-state index contributed by atoms with van der Waals surface area (Å²) in [4.78, 5) is 0. The summed E-state index contributed by atoms with van der Waals surface area (Å²) in [5.41, 5.74) is 1.30. The first-order valence-electron chi connectivity index (χ1n) is 8.03. The van der Waals surface area contributed by atoms with E-state index in [2.05, 4.69) is 34.7 Å². The second-order valence-corrected chi connectivity index (χ2v) is 6.11. The zero-order chi connectivity index (χ0) is 19.4. The lowest BCUT2D eigenvalue weighted by molar-refractivity contribution is 0.495. The van der Waals surface area contributed by atoms with E-state index in [9.17, 15) is 8.78 Å². The number of hydrogen-bond donors (Lipinski definition) is 0. The lowest BCUT2D eigenvalue weighted by Crippen LogP contribution is -2.13. The van der Waals surface area contributed by atoms with Crippen molar-refractivity contribution in [3.63, 3.8) is 0 Å². The van der Waals surface area contributed by atoms with Crippen LogP contribution >= 0.6 is 11.6 Å². The Kier molecular flexibility index (Phi) is 5.46. The molecule has 3 rings (SSSR count). The van der Waals surface area contributed by atoms with Crippen LogP contribution in [0.3, 0.4) is 0 Å². The summed E-state index contributed by atoms with van der Waals surface area (Å²) in [5.74, 6) is 12.3. The van der Waals surface area contributed by atoms with Crippen molar-refractivity contribution >= 4 is 22.5 Å². The number of nitrogens with zero attached hydrogens (tertiary/aromatic N) is 2. The number of hydrogen-bond acceptors (Lipinski definition) is 1. The Balaban J connectivity index is 2.15. The van der Waals surface area contributed by atoms with Gasteiger partial charge in [-0.3, -0.25) is 4.68 Å². The van der Waals surface area contributed by atoms with Crippen molar-refractivity contribution in [2.75, 3.05) is 0 Å². The molecule has 0 bridgehead atoms. The molecule has 2 nitrogen and oxygen atoms in total. The highest BCUT2D eigenvalue weighted by atomic mass is 35.5. The molecule has 0 spiro atoms. The van der Waals surface area contributed by atoms with Crippen molar-refractivity contribution in [1.29, 1.82) is 0 Å². The molecule has 0 aliphatic carbocycles. The molecule has 1 atom stereocenters. The highest BCUT2D eigenvalue weighted by Crippen LogP contribution is 2.30. The first-order valence-corrected chi connectivity index (χ1v) is 8.41. The molecule has 1 heterocycles. The van der Waals surface area contributed by atoms with Gasteiger partial charge in [-0.25, -0.2) is 8.78 Å². The van der Waals surface area contributed by atoms with Crippen molar-refractivity contribution in [3.8, 4) is 36.0 Å². The highest BCUT2D eigenvalue weighted by Gasteiger charge is 2.20. The third-order valence-electron chi connectivity index (χ3n) is 3.97. The van der Waals surface area contributed by atoms with Crippen LogP contribution in [0.15, 0.2) is 36.5 Å². The van der Waals surface area contributed by atoms with Gasteiger partial charge in [-0.15, -0.1) is 6.42 Å². The molecule has 1 aromatic heterocycles. The van der Waals surface area contributed by atoms with Crippen LogP contribution in [0.2, 0.25) is 5.02 Å². The van der Waals surface area contributed by atoms with Gasteiger partial charge in [0.25, 0.3) is 0 Å². The van der Waals surface area contributed by atoms with Crippen LogP contribution in [0, 0.1) is 47.7 Å². The monoisotopic (exact) mass is 378 g/mol. The Morgan fingerprint density at radius 3 is 2.78 bits per heavy atom. The molecule has 0 fully saturated rings. The maximum atomic E-state index is 14.4. The average molecular weight is 379 g/mol. The maximum Gasteiger partial charge on any atom is 0.128 e. The van der Waals surface area contributed by atoms with Gasteiger partial charge in [-0.1, -0.05) is 29.4 Å². The van der Waals surface area contributed by atoms with Gasteiger partial charge < -0.3 is 0 Å². The quantitative estimate of drug-likeness (QED) is 0.589. The number of fused-ring (bicyclic) bond motifs is 1. The van der Waals surface area contributed by atoms with E-state index in [1.54, 1.807) is 25.3 Å². The topological polar surface area (TPSA) is 17.8 Å². The van der Waals surface area contributed by atoms with Gasteiger partial charge in [0, 0.05) is 29.1 Å². The number of halogens is 3. The standard InChI is InChI=1S/C22H13ClF2N2/c1-3-5-6-7-8-22(17-13-16(24)9-10-20(17)25)27-14-18-19(23)11-15(4-2)12-21(18)26-27/h2,9-14,22H,8H2,1H3. The minimum Gasteiger partial charge on any atom is -0.263 e. The van der Waals surface area contributed by atoms with Gasteiger partial charge in [-0.2, -0.15) is 5.10 Å². The summed E-state index contributed by atoms with van der Waals surface area (Å²) in [5, 5.41) is 5.58. The summed E-state index contributed by atoms with van der Waals surface area (Å²) in [6, 6.07) is 6.02. The van der Waals surface area contributed by atoms with Gasteiger partial charge in [0.1, 0.15) is 11.6 Å². The number of terminal acetylenes is 1. The van der Waals surface area contributed by atoms with Crippen LogP contribution < -0.4 is 0 Å². The Hall–Kier alpha value is -3.26. The zero-order valence-corrected chi connectivity index (χ0v) is 15.1. The molecule has 2 aromatic carbocycles. The fourth-order valence-electron chi connectivity index (χ4n) is 2.71. The molecule has 1 unspecified atom stereocenters. The fraction of sp³-hybridized carbons (Fsp3) is 0.136. The van der Waals surface area contributed by atoms with Crippen LogP contribution in [0.4, 0.5) is 8.78 Å². The molecule has 0 aliphatic heterocycles. The van der Waals surface area contributed by atoms with E-state index in [1.165, 1.54) is 4.68 Å². The normalized spacial score (nSPS) is 11.1. The van der Waals surface area contributed by atoms with Gasteiger partial charge in [0.05, 0.1) is 16.6 Å². The maximum absolute atomic E-state index is 14.4. The fourth-order valence-corrected chi connectivity index (χ4v) is 2.98. The molecule has 132 valence electrons. The van der Waals surface area contributed by atoms with Crippen LogP contribution in [0.5, 0.6) is 0 Å². The van der Waals surface area contributed by atoms with E-state index in [0.717, 1.165) is 18.2 Å². The van der Waals surface area contributed by atoms with E-state index in [0.29, 0.717) is 21.5 Å². The van der Waals surface area contributed by atoms with E-state index in [1.807, 2.05) is 0 Å². The van der Waals surface area contributed by atoms with Crippen molar-refractivity contribution in [2.24, 2.45) is 0 Å². The van der Waals surface area contributed by atoms with Gasteiger partial charge >= 0.3 is 0 Å². The summed E-state index contributed by atoms with van der Waals surface area (Å²) in [6.45, 7) is 1.67. The molecule has 0 amide bonds. The lowest BCUT2D eigenvalue weighted by Gasteiger charge is -2.16. The van der Waals surface area contributed by atoms with E-state index in [4.69, 9.17) is 18.0 Å². The van der Waals surface area contributed by atoms with Crippen LogP contribution in [-0.4, -0.2) is 9.78 Å². The van der Waals surface area contributed by atoms with Crippen LogP contribution in [-0.2, 0) is 0 Å². The molecule has 0 saturated carbocycles. The molecule has 0 aliphatic rings. The second kappa shape index (κ2) is 7.96. The predicted molar refractivity (Wildman–Crippen MR) is 103 cm³/mol. The van der Waals surface area contributed by atoms with E-state index in [-0.39, 0.29) is 12.0 Å². The number of rotatable bonds is 3. The van der Waals surface area contributed by atoms with Gasteiger partial charge in [0.2, 0.25) is 0 Å². The minimum atomic E-state index is -0.649. The second-order valence-electron chi connectivity index (χ2n) is 5.71. The van der Waals surface area contributed by atoms with Crippen molar-refractivity contribution in [2.45, 2.75) is 19.4 Å². The Bertz CT molecular complexity index is 1180. The summed E-state index contributed by atoms with van der Waals surface area (Å²) in [6.07, 6.45) is 7.31. The smallest absolute Gasteiger partial charge is 0.128 e. The molecule has 5 heteroatoms. The molecular formula is C22H13ClF2N2. The third-order valence-corrected chi connectivity index (χ3v) is 4.28. The lowest BCUT2D eigenvalue weighted by atomic mass is 10.0. The van der Waals surface area contributed by atoms with Gasteiger partial charge in [0.15, 0.2) is 0 Å². The van der Waals surface area contributed by atoms with E-state index >= 15 is 0 Å². The van der Waals surface area contributed by atoms with Crippen molar-refractivity contribution < 1.29 is 8.78 Å². The molecule has 3 aromatic rings. The van der Waals surface area contributed by atoms with Gasteiger partial charge in [-0.05, 0) is 49.1 Å². The molecular weight excluding hydrogens is 366 g/mol. The summed E-state index contributed by atoms with van der Waals surface area (Å²) < 4.78 is 29.7. The third kappa shape index (κ3) is 3.95. The highest BCUT2D eigenvalue weighted by molar-refractivity contribution is 6.35. The number of aromatic nitrogens is 2. The largest absolute Gasteiger partial charge is 0.263 e. The van der Waals surface area contributed by atoms with E-state index < -0.39 is 17.7 Å². The number of benzene rings is 2. The van der Waals surface area contributed by atoms with Crippen molar-refractivity contribution in [1.82, 2.24) is 9.78 Å². The SMILES string of the molecule is C#Cc1cc(Cl)c2cn(C(CC#CC#CC)c3cc(F)ccc3F)nc2c1. The molecule has 0 radical (unpaired) electrons. The summed E-state index contributed by atoms with van der Waals surface area (Å²) in [7, 11) is 0. The molecule has 27 heavy (non-hydrogen) atoms.